The Labute approximate surface area is 90.7 Å². The fourth-order valence-electron chi connectivity index (χ4n) is 1.33. The molecular formula is C11H20N2O2. The summed E-state index contributed by atoms with van der Waals surface area (Å²) in [5.41, 5.74) is 0. The molecule has 0 spiro atoms. The molecule has 0 aliphatic carbocycles. The Balaban J connectivity index is 2.55. The summed E-state index contributed by atoms with van der Waals surface area (Å²) in [6.07, 6.45) is 2.90. The number of aliphatic hydroxyl groups excluding tert-OH is 1. The SMILES string of the molecule is CCCC(O)c1noc(CC(C)CC)n1. The van der Waals surface area contributed by atoms with E-state index in [1.807, 2.05) is 6.92 Å². The molecular weight excluding hydrogens is 192 g/mol. The number of aromatic nitrogens is 2. The highest BCUT2D eigenvalue weighted by molar-refractivity contribution is 4.91. The summed E-state index contributed by atoms with van der Waals surface area (Å²) in [4.78, 5) is 4.19. The van der Waals surface area contributed by atoms with E-state index < -0.39 is 6.10 Å². The molecule has 4 nitrogen and oxygen atoms in total. The van der Waals surface area contributed by atoms with Crippen molar-refractivity contribution in [3.8, 4) is 0 Å². The molecule has 1 aromatic heterocycles. The Kier molecular flexibility index (Phi) is 4.75. The molecule has 0 saturated heterocycles. The first-order valence-corrected chi connectivity index (χ1v) is 5.67. The van der Waals surface area contributed by atoms with Crippen molar-refractivity contribution in [1.29, 1.82) is 0 Å². The summed E-state index contributed by atoms with van der Waals surface area (Å²) in [5.74, 6) is 1.60. The van der Waals surface area contributed by atoms with Gasteiger partial charge in [0.2, 0.25) is 5.89 Å². The molecule has 1 rings (SSSR count). The van der Waals surface area contributed by atoms with Gasteiger partial charge in [-0.3, -0.25) is 0 Å². The standard InChI is InChI=1S/C11H20N2O2/c1-4-6-9(14)11-12-10(15-13-11)7-8(3)5-2/h8-9,14H,4-7H2,1-3H3. The fourth-order valence-corrected chi connectivity index (χ4v) is 1.33. The minimum Gasteiger partial charge on any atom is -0.385 e. The summed E-state index contributed by atoms with van der Waals surface area (Å²) in [7, 11) is 0. The van der Waals surface area contributed by atoms with Crippen molar-refractivity contribution in [2.45, 2.75) is 52.6 Å². The highest BCUT2D eigenvalue weighted by Crippen LogP contribution is 2.16. The first-order valence-electron chi connectivity index (χ1n) is 5.67. The second kappa shape index (κ2) is 5.85. The molecule has 0 aromatic carbocycles. The van der Waals surface area contributed by atoms with Gasteiger partial charge in [0.25, 0.3) is 0 Å². The second-order valence-corrected chi connectivity index (χ2v) is 4.07. The lowest BCUT2D eigenvalue weighted by atomic mass is 10.1. The second-order valence-electron chi connectivity index (χ2n) is 4.07. The highest BCUT2D eigenvalue weighted by Gasteiger charge is 2.15. The van der Waals surface area contributed by atoms with Crippen LogP contribution in [0.15, 0.2) is 4.52 Å². The van der Waals surface area contributed by atoms with Crippen molar-refractivity contribution in [1.82, 2.24) is 10.1 Å². The molecule has 2 atom stereocenters. The van der Waals surface area contributed by atoms with E-state index in [1.54, 1.807) is 0 Å². The normalized spacial score (nSPS) is 15.2. The summed E-state index contributed by atoms with van der Waals surface area (Å²) >= 11 is 0. The van der Waals surface area contributed by atoms with Crippen LogP contribution < -0.4 is 0 Å². The van der Waals surface area contributed by atoms with Crippen LogP contribution in [0.1, 0.15) is 57.9 Å². The molecule has 1 aromatic rings. The smallest absolute Gasteiger partial charge is 0.227 e. The van der Waals surface area contributed by atoms with E-state index in [9.17, 15) is 5.11 Å². The number of hydrogen-bond acceptors (Lipinski definition) is 4. The van der Waals surface area contributed by atoms with E-state index >= 15 is 0 Å². The van der Waals surface area contributed by atoms with Gasteiger partial charge in [-0.15, -0.1) is 0 Å². The molecule has 0 amide bonds. The van der Waals surface area contributed by atoms with Crippen LogP contribution in [0.4, 0.5) is 0 Å². The Morgan fingerprint density at radius 3 is 2.73 bits per heavy atom. The van der Waals surface area contributed by atoms with Crippen molar-refractivity contribution in [3.63, 3.8) is 0 Å². The van der Waals surface area contributed by atoms with Crippen molar-refractivity contribution < 1.29 is 9.63 Å². The highest BCUT2D eigenvalue weighted by atomic mass is 16.5. The molecule has 0 bridgehead atoms. The molecule has 0 saturated carbocycles. The van der Waals surface area contributed by atoms with Gasteiger partial charge in [0.05, 0.1) is 0 Å². The van der Waals surface area contributed by atoms with Crippen LogP contribution in [0.2, 0.25) is 0 Å². The van der Waals surface area contributed by atoms with Gasteiger partial charge >= 0.3 is 0 Å². The maximum absolute atomic E-state index is 9.64. The van der Waals surface area contributed by atoms with Crippen LogP contribution in [0, 0.1) is 5.92 Å². The van der Waals surface area contributed by atoms with Gasteiger partial charge < -0.3 is 9.63 Å². The molecule has 2 unspecified atom stereocenters. The monoisotopic (exact) mass is 212 g/mol. The van der Waals surface area contributed by atoms with Gasteiger partial charge in [0.15, 0.2) is 5.82 Å². The first-order chi connectivity index (χ1) is 7.17. The van der Waals surface area contributed by atoms with Crippen LogP contribution in [-0.2, 0) is 6.42 Å². The number of aliphatic hydroxyl groups is 1. The third kappa shape index (κ3) is 3.63. The van der Waals surface area contributed by atoms with Crippen LogP contribution in [0.5, 0.6) is 0 Å². The Morgan fingerprint density at radius 2 is 2.13 bits per heavy atom. The summed E-state index contributed by atoms with van der Waals surface area (Å²) < 4.78 is 5.08. The summed E-state index contributed by atoms with van der Waals surface area (Å²) in [6.45, 7) is 6.30. The predicted octanol–water partition coefficient (Wildman–Crippen LogP) is 2.49. The zero-order valence-corrected chi connectivity index (χ0v) is 9.73. The van der Waals surface area contributed by atoms with Gasteiger partial charge in [-0.05, 0) is 12.3 Å². The van der Waals surface area contributed by atoms with Crippen molar-refractivity contribution in [3.05, 3.63) is 11.7 Å². The van der Waals surface area contributed by atoms with Crippen LogP contribution in [-0.4, -0.2) is 15.2 Å². The van der Waals surface area contributed by atoms with Crippen LogP contribution >= 0.6 is 0 Å². The van der Waals surface area contributed by atoms with Crippen molar-refractivity contribution in [2.24, 2.45) is 5.92 Å². The van der Waals surface area contributed by atoms with Crippen LogP contribution in [0.25, 0.3) is 0 Å². The maximum Gasteiger partial charge on any atom is 0.227 e. The van der Waals surface area contributed by atoms with E-state index in [-0.39, 0.29) is 0 Å². The number of rotatable bonds is 6. The quantitative estimate of drug-likeness (QED) is 0.787. The topological polar surface area (TPSA) is 59.2 Å². The minimum absolute atomic E-state index is 0.426. The number of hydrogen-bond donors (Lipinski definition) is 1. The van der Waals surface area contributed by atoms with Crippen LogP contribution in [0.3, 0.4) is 0 Å². The molecule has 0 aliphatic heterocycles. The predicted molar refractivity (Wildman–Crippen MR) is 57.3 cm³/mol. The minimum atomic E-state index is -0.579. The lowest BCUT2D eigenvalue weighted by Gasteiger charge is -2.03. The van der Waals surface area contributed by atoms with Gasteiger partial charge in [0.1, 0.15) is 6.10 Å². The lowest BCUT2D eigenvalue weighted by molar-refractivity contribution is 0.152. The van der Waals surface area contributed by atoms with Gasteiger partial charge in [-0.2, -0.15) is 4.98 Å². The Bertz CT molecular complexity index is 286. The summed E-state index contributed by atoms with van der Waals surface area (Å²) in [5, 5.41) is 13.4. The first kappa shape index (κ1) is 12.2. The molecule has 1 heterocycles. The maximum atomic E-state index is 9.64. The fraction of sp³-hybridized carbons (Fsp3) is 0.818. The van der Waals surface area contributed by atoms with Gasteiger partial charge in [0, 0.05) is 6.42 Å². The average molecular weight is 212 g/mol. The number of nitrogens with zero attached hydrogens (tertiary/aromatic N) is 2. The molecule has 4 heteroatoms. The van der Waals surface area contributed by atoms with E-state index in [0.29, 0.717) is 24.1 Å². The zero-order valence-electron chi connectivity index (χ0n) is 9.73. The van der Waals surface area contributed by atoms with Gasteiger partial charge in [-0.25, -0.2) is 0 Å². The van der Waals surface area contributed by atoms with E-state index in [2.05, 4.69) is 24.0 Å². The molecule has 1 N–H and O–H groups in total. The lowest BCUT2D eigenvalue weighted by Crippen LogP contribution is -2.01. The molecule has 15 heavy (non-hydrogen) atoms. The van der Waals surface area contributed by atoms with E-state index in [0.717, 1.165) is 19.3 Å². The summed E-state index contributed by atoms with van der Waals surface area (Å²) in [6, 6.07) is 0. The zero-order chi connectivity index (χ0) is 11.3. The largest absolute Gasteiger partial charge is 0.385 e. The third-order valence-electron chi connectivity index (χ3n) is 2.56. The molecule has 0 radical (unpaired) electrons. The van der Waals surface area contributed by atoms with Crippen molar-refractivity contribution in [2.75, 3.05) is 0 Å². The Morgan fingerprint density at radius 1 is 1.40 bits per heavy atom. The average Bonchev–Trinajstić information content (AvgIpc) is 2.66. The molecule has 0 aliphatic rings. The van der Waals surface area contributed by atoms with Gasteiger partial charge in [-0.1, -0.05) is 38.8 Å². The molecule has 0 fully saturated rings. The molecule has 86 valence electrons. The Hall–Kier alpha value is -0.900. The van der Waals surface area contributed by atoms with E-state index in [4.69, 9.17) is 4.52 Å². The van der Waals surface area contributed by atoms with Crippen molar-refractivity contribution >= 4 is 0 Å². The third-order valence-corrected chi connectivity index (χ3v) is 2.56. The van der Waals surface area contributed by atoms with E-state index in [1.165, 1.54) is 0 Å².